The molecule has 0 atom stereocenters. The normalized spacial score (nSPS) is 10.7. The fraction of sp³-hybridized carbons (Fsp3) is 0.364. The zero-order valence-corrected chi connectivity index (χ0v) is 16.2. The number of ether oxygens (including phenoxy) is 1. The van der Waals surface area contributed by atoms with Gasteiger partial charge in [0.15, 0.2) is 0 Å². The summed E-state index contributed by atoms with van der Waals surface area (Å²) < 4.78 is 5.87. The minimum absolute atomic E-state index is 0.380. The van der Waals surface area contributed by atoms with Crippen molar-refractivity contribution in [3.05, 3.63) is 59.7 Å². The Hall–Kier alpha value is -2.82. The van der Waals surface area contributed by atoms with Crippen LogP contribution in [0.15, 0.2) is 53.6 Å². The van der Waals surface area contributed by atoms with E-state index in [1.807, 2.05) is 55.5 Å². The monoisotopic (exact) mass is 367 g/mol. The van der Waals surface area contributed by atoms with Crippen molar-refractivity contribution in [1.82, 2.24) is 5.43 Å². The van der Waals surface area contributed by atoms with Crippen molar-refractivity contribution in [2.24, 2.45) is 5.10 Å². The largest absolute Gasteiger partial charge is 0.493 e. The molecule has 0 aromatic heterocycles. The molecular weight excluding hydrogens is 338 g/mol. The lowest BCUT2D eigenvalue weighted by molar-refractivity contribution is 0.252. The summed E-state index contributed by atoms with van der Waals surface area (Å²) in [7, 11) is 0. The molecule has 2 rings (SSSR count). The van der Waals surface area contributed by atoms with E-state index in [1.165, 1.54) is 25.7 Å². The number of anilines is 1. The number of nitrogens with one attached hydrogen (secondary N) is 2. The predicted octanol–water partition coefficient (Wildman–Crippen LogP) is 5.50. The van der Waals surface area contributed by atoms with Crippen molar-refractivity contribution in [3.63, 3.8) is 0 Å². The summed E-state index contributed by atoms with van der Waals surface area (Å²) >= 11 is 0. The lowest BCUT2D eigenvalue weighted by Crippen LogP contribution is -2.24. The van der Waals surface area contributed by atoms with Gasteiger partial charge in [-0.05, 0) is 37.1 Å². The van der Waals surface area contributed by atoms with Gasteiger partial charge in [-0.25, -0.2) is 10.2 Å². The summed E-state index contributed by atoms with van der Waals surface area (Å²) in [5, 5.41) is 6.80. The average Bonchev–Trinajstić information content (AvgIpc) is 2.67. The van der Waals surface area contributed by atoms with Crippen molar-refractivity contribution in [2.45, 2.75) is 46.0 Å². The van der Waals surface area contributed by atoms with E-state index in [0.29, 0.717) is 6.61 Å². The van der Waals surface area contributed by atoms with Crippen LogP contribution in [0.5, 0.6) is 5.75 Å². The van der Waals surface area contributed by atoms with Gasteiger partial charge >= 0.3 is 6.03 Å². The molecule has 0 radical (unpaired) electrons. The van der Waals surface area contributed by atoms with Crippen LogP contribution in [0, 0.1) is 6.92 Å². The van der Waals surface area contributed by atoms with Gasteiger partial charge in [0.25, 0.3) is 0 Å². The summed E-state index contributed by atoms with van der Waals surface area (Å²) in [6.45, 7) is 4.84. The highest BCUT2D eigenvalue weighted by atomic mass is 16.5. The molecule has 0 aliphatic carbocycles. The van der Waals surface area contributed by atoms with Gasteiger partial charge in [0.2, 0.25) is 0 Å². The summed E-state index contributed by atoms with van der Waals surface area (Å²) in [6, 6.07) is 14.9. The second-order valence-corrected chi connectivity index (χ2v) is 6.44. The number of amides is 2. The molecule has 2 amide bonds. The molecule has 5 heteroatoms. The van der Waals surface area contributed by atoms with Gasteiger partial charge in [-0.3, -0.25) is 0 Å². The molecule has 5 nitrogen and oxygen atoms in total. The molecule has 0 fully saturated rings. The number of benzene rings is 2. The van der Waals surface area contributed by atoms with Crippen molar-refractivity contribution in [3.8, 4) is 5.75 Å². The zero-order valence-electron chi connectivity index (χ0n) is 16.2. The highest BCUT2D eigenvalue weighted by Crippen LogP contribution is 2.17. The van der Waals surface area contributed by atoms with Gasteiger partial charge < -0.3 is 10.1 Å². The van der Waals surface area contributed by atoms with E-state index in [9.17, 15) is 4.79 Å². The third-order valence-corrected chi connectivity index (χ3v) is 4.19. The predicted molar refractivity (Wildman–Crippen MR) is 112 cm³/mol. The molecule has 0 unspecified atom stereocenters. The van der Waals surface area contributed by atoms with Crippen LogP contribution >= 0.6 is 0 Å². The first-order valence-electron chi connectivity index (χ1n) is 9.58. The van der Waals surface area contributed by atoms with Gasteiger partial charge in [0.1, 0.15) is 5.75 Å². The average molecular weight is 367 g/mol. The molecule has 0 spiro atoms. The van der Waals surface area contributed by atoms with E-state index in [0.717, 1.165) is 29.0 Å². The number of nitrogens with zero attached hydrogens (tertiary/aromatic N) is 1. The van der Waals surface area contributed by atoms with Crippen LogP contribution in [-0.4, -0.2) is 18.9 Å². The number of hydrazone groups is 1. The molecule has 2 aromatic rings. The Balaban J connectivity index is 1.82. The fourth-order valence-corrected chi connectivity index (χ4v) is 2.63. The van der Waals surface area contributed by atoms with E-state index >= 15 is 0 Å². The molecule has 0 bridgehead atoms. The van der Waals surface area contributed by atoms with Gasteiger partial charge in [0, 0.05) is 11.3 Å². The lowest BCUT2D eigenvalue weighted by Gasteiger charge is -2.09. The first-order valence-corrected chi connectivity index (χ1v) is 9.58. The molecule has 0 heterocycles. The number of aryl methyl sites for hydroxylation is 1. The minimum Gasteiger partial charge on any atom is -0.493 e. The maximum Gasteiger partial charge on any atom is 0.339 e. The quantitative estimate of drug-likeness (QED) is 0.331. The first-order chi connectivity index (χ1) is 13.2. The molecule has 2 N–H and O–H groups in total. The SMILES string of the molecule is CCCCCCCOc1ccccc1/C=N\NC(=O)Nc1ccccc1C. The smallest absolute Gasteiger partial charge is 0.339 e. The van der Waals surface area contributed by atoms with Crippen LogP contribution in [0.4, 0.5) is 10.5 Å². The van der Waals surface area contributed by atoms with E-state index in [-0.39, 0.29) is 6.03 Å². The molecule has 0 saturated heterocycles. The van der Waals surface area contributed by atoms with Gasteiger partial charge in [-0.2, -0.15) is 5.10 Å². The Kier molecular flexibility index (Phi) is 8.90. The third kappa shape index (κ3) is 7.52. The third-order valence-electron chi connectivity index (χ3n) is 4.19. The Bertz CT molecular complexity index is 744. The number of hydrogen-bond donors (Lipinski definition) is 2. The van der Waals surface area contributed by atoms with Gasteiger partial charge in [-0.1, -0.05) is 62.9 Å². The molecule has 144 valence electrons. The molecular formula is C22H29N3O2. The maximum atomic E-state index is 12.0. The number of carbonyl (C=O) groups excluding carboxylic acids is 1. The topological polar surface area (TPSA) is 62.7 Å². The fourth-order valence-electron chi connectivity index (χ4n) is 2.63. The van der Waals surface area contributed by atoms with Crippen molar-refractivity contribution >= 4 is 17.9 Å². The zero-order chi connectivity index (χ0) is 19.3. The van der Waals surface area contributed by atoms with Crippen LogP contribution in [0.3, 0.4) is 0 Å². The van der Waals surface area contributed by atoms with E-state index in [1.54, 1.807) is 6.21 Å². The number of para-hydroxylation sites is 2. The van der Waals surface area contributed by atoms with Crippen LogP contribution in [-0.2, 0) is 0 Å². The van der Waals surface area contributed by atoms with Crippen LogP contribution in [0.25, 0.3) is 0 Å². The second kappa shape index (κ2) is 11.7. The summed E-state index contributed by atoms with van der Waals surface area (Å²) in [4.78, 5) is 12.0. The van der Waals surface area contributed by atoms with Crippen LogP contribution in [0.2, 0.25) is 0 Å². The first kappa shape index (κ1) is 20.5. The highest BCUT2D eigenvalue weighted by Gasteiger charge is 2.03. The summed E-state index contributed by atoms with van der Waals surface area (Å²) in [5.41, 5.74) is 5.08. The van der Waals surface area contributed by atoms with Crippen molar-refractivity contribution < 1.29 is 9.53 Å². The van der Waals surface area contributed by atoms with Crippen LogP contribution < -0.4 is 15.5 Å². The number of rotatable bonds is 10. The summed E-state index contributed by atoms with van der Waals surface area (Å²) in [6.07, 6.45) is 7.60. The number of urea groups is 1. The maximum absolute atomic E-state index is 12.0. The van der Waals surface area contributed by atoms with E-state index in [4.69, 9.17) is 4.74 Å². The minimum atomic E-state index is -0.380. The number of carbonyl (C=O) groups is 1. The van der Waals surface area contributed by atoms with Crippen LogP contribution in [0.1, 0.15) is 50.2 Å². The van der Waals surface area contributed by atoms with Gasteiger partial charge in [-0.15, -0.1) is 0 Å². The standard InChI is InChI=1S/C22H29N3O2/c1-3-4-5-6-11-16-27-21-15-10-8-13-19(21)17-23-25-22(26)24-20-14-9-7-12-18(20)2/h7-10,12-15,17H,3-6,11,16H2,1-2H3,(H2,24,25,26)/b23-17-. The highest BCUT2D eigenvalue weighted by molar-refractivity contribution is 5.91. The van der Waals surface area contributed by atoms with E-state index in [2.05, 4.69) is 22.8 Å². The Morgan fingerprint density at radius 1 is 1.04 bits per heavy atom. The van der Waals surface area contributed by atoms with Crippen molar-refractivity contribution in [2.75, 3.05) is 11.9 Å². The molecule has 0 aliphatic rings. The Morgan fingerprint density at radius 2 is 1.78 bits per heavy atom. The summed E-state index contributed by atoms with van der Waals surface area (Å²) in [5.74, 6) is 0.776. The van der Waals surface area contributed by atoms with Crippen molar-refractivity contribution in [1.29, 1.82) is 0 Å². The molecule has 27 heavy (non-hydrogen) atoms. The molecule has 0 aliphatic heterocycles. The Morgan fingerprint density at radius 3 is 2.59 bits per heavy atom. The Labute approximate surface area is 161 Å². The number of unbranched alkanes of at least 4 members (excludes halogenated alkanes) is 4. The van der Waals surface area contributed by atoms with Gasteiger partial charge in [0.05, 0.1) is 12.8 Å². The van der Waals surface area contributed by atoms with E-state index < -0.39 is 0 Å². The lowest BCUT2D eigenvalue weighted by atomic mass is 10.2. The number of hydrogen-bond acceptors (Lipinski definition) is 3. The second-order valence-electron chi connectivity index (χ2n) is 6.44. The molecule has 2 aromatic carbocycles. The molecule has 0 saturated carbocycles.